The van der Waals surface area contributed by atoms with Crippen molar-refractivity contribution in [2.75, 3.05) is 6.54 Å². The largest absolute Gasteiger partial charge is 0.326 e. The molecule has 0 unspecified atom stereocenters. The molecule has 3 N–H and O–H groups in total. The van der Waals surface area contributed by atoms with Gasteiger partial charge in [-0.2, -0.15) is 5.26 Å². The van der Waals surface area contributed by atoms with Gasteiger partial charge < -0.3 is 5.73 Å². The molecule has 1 atom stereocenters. The van der Waals surface area contributed by atoms with Gasteiger partial charge >= 0.3 is 0 Å². The molecule has 0 fully saturated rings. The minimum absolute atomic E-state index is 0.0208. The summed E-state index contributed by atoms with van der Waals surface area (Å²) < 4.78 is 26.4. The van der Waals surface area contributed by atoms with Crippen LogP contribution >= 0.6 is 11.6 Å². The Morgan fingerprint density at radius 3 is 2.58 bits per heavy atom. The molecule has 1 rings (SSSR count). The van der Waals surface area contributed by atoms with Gasteiger partial charge in [-0.1, -0.05) is 25.4 Å². The van der Waals surface area contributed by atoms with Crippen LogP contribution in [0.5, 0.6) is 0 Å². The van der Waals surface area contributed by atoms with Crippen molar-refractivity contribution in [3.8, 4) is 6.07 Å². The highest BCUT2D eigenvalue weighted by molar-refractivity contribution is 7.89. The van der Waals surface area contributed by atoms with Gasteiger partial charge in [-0.3, -0.25) is 0 Å². The predicted molar refractivity (Wildman–Crippen MR) is 74.2 cm³/mol. The number of rotatable bonds is 5. The summed E-state index contributed by atoms with van der Waals surface area (Å²) in [7, 11) is -3.66. The number of benzene rings is 1. The Balaban J connectivity index is 2.90. The minimum atomic E-state index is -3.66. The standard InChI is InChI=1S/C12H16ClN3O2S/c1-8(2)12(15)7-16-19(17,18)10-4-3-9(6-14)11(13)5-10/h3-5,8,12,16H,7,15H2,1-2H3/t12-/m0/s1. The van der Waals surface area contributed by atoms with Crippen LogP contribution < -0.4 is 10.5 Å². The maximum Gasteiger partial charge on any atom is 0.240 e. The van der Waals surface area contributed by atoms with Gasteiger partial charge in [0.1, 0.15) is 6.07 Å². The first-order valence-corrected chi connectivity index (χ1v) is 7.59. The molecule has 1 aromatic rings. The van der Waals surface area contributed by atoms with Crippen LogP contribution in [0.15, 0.2) is 23.1 Å². The van der Waals surface area contributed by atoms with Gasteiger partial charge in [0.25, 0.3) is 0 Å². The van der Waals surface area contributed by atoms with E-state index < -0.39 is 10.0 Å². The molecule has 0 aliphatic rings. The van der Waals surface area contributed by atoms with Gasteiger partial charge in [-0.15, -0.1) is 0 Å². The highest BCUT2D eigenvalue weighted by atomic mass is 35.5. The molecule has 19 heavy (non-hydrogen) atoms. The Labute approximate surface area is 118 Å². The summed E-state index contributed by atoms with van der Waals surface area (Å²) in [6.45, 7) is 3.98. The van der Waals surface area contributed by atoms with E-state index >= 15 is 0 Å². The zero-order valence-electron chi connectivity index (χ0n) is 10.7. The van der Waals surface area contributed by atoms with E-state index in [1.807, 2.05) is 19.9 Å². The summed E-state index contributed by atoms with van der Waals surface area (Å²) in [4.78, 5) is 0.0208. The molecule has 1 aromatic carbocycles. The summed E-state index contributed by atoms with van der Waals surface area (Å²) in [5.74, 6) is 0.173. The highest BCUT2D eigenvalue weighted by Crippen LogP contribution is 2.20. The van der Waals surface area contributed by atoms with Crippen LogP contribution in [0.4, 0.5) is 0 Å². The smallest absolute Gasteiger partial charge is 0.240 e. The number of hydrogen-bond donors (Lipinski definition) is 2. The Kier molecular flexibility index (Phi) is 5.32. The SMILES string of the molecule is CC(C)[C@@H](N)CNS(=O)(=O)c1ccc(C#N)c(Cl)c1. The molecule has 0 spiro atoms. The van der Waals surface area contributed by atoms with E-state index in [1.54, 1.807) is 0 Å². The minimum Gasteiger partial charge on any atom is -0.326 e. The van der Waals surface area contributed by atoms with Crippen molar-refractivity contribution >= 4 is 21.6 Å². The fourth-order valence-corrected chi connectivity index (χ4v) is 2.66. The third-order valence-corrected chi connectivity index (χ3v) is 4.47. The monoisotopic (exact) mass is 301 g/mol. The summed E-state index contributed by atoms with van der Waals surface area (Å²) >= 11 is 5.81. The molecule has 0 heterocycles. The van der Waals surface area contributed by atoms with Gasteiger partial charge in [0.2, 0.25) is 10.0 Å². The average Bonchev–Trinajstić information content (AvgIpc) is 2.35. The molecule has 0 saturated carbocycles. The molecule has 0 aromatic heterocycles. The van der Waals surface area contributed by atoms with Crippen molar-refractivity contribution in [2.45, 2.75) is 24.8 Å². The molecule has 0 saturated heterocycles. The van der Waals surface area contributed by atoms with Crippen LogP contribution in [0, 0.1) is 17.2 Å². The normalized spacial score (nSPS) is 13.3. The van der Waals surface area contributed by atoms with Crippen molar-refractivity contribution in [2.24, 2.45) is 11.7 Å². The lowest BCUT2D eigenvalue weighted by Crippen LogP contribution is -2.40. The first kappa shape index (κ1) is 15.9. The average molecular weight is 302 g/mol. The van der Waals surface area contributed by atoms with Crippen molar-refractivity contribution < 1.29 is 8.42 Å². The van der Waals surface area contributed by atoms with Crippen LogP contribution in [0.1, 0.15) is 19.4 Å². The van der Waals surface area contributed by atoms with Crippen LogP contribution in [0.3, 0.4) is 0 Å². The zero-order chi connectivity index (χ0) is 14.6. The van der Waals surface area contributed by atoms with Crippen LogP contribution in [0.2, 0.25) is 5.02 Å². The number of halogens is 1. The predicted octanol–water partition coefficient (Wildman–Crippen LogP) is 1.47. The molecule has 104 valence electrons. The fraction of sp³-hybridized carbons (Fsp3) is 0.417. The zero-order valence-corrected chi connectivity index (χ0v) is 12.3. The molecule has 5 nitrogen and oxygen atoms in total. The summed E-state index contributed by atoms with van der Waals surface area (Å²) in [5, 5.41) is 8.84. The van der Waals surface area contributed by atoms with Crippen LogP contribution in [-0.2, 0) is 10.0 Å². The first-order valence-electron chi connectivity index (χ1n) is 5.73. The Morgan fingerprint density at radius 2 is 2.11 bits per heavy atom. The van der Waals surface area contributed by atoms with E-state index in [0.717, 1.165) is 0 Å². The molecular weight excluding hydrogens is 286 g/mol. The van der Waals surface area contributed by atoms with Crippen LogP contribution in [0.25, 0.3) is 0 Å². The van der Waals surface area contributed by atoms with E-state index in [9.17, 15) is 8.42 Å². The number of nitrogens with zero attached hydrogens (tertiary/aromatic N) is 1. The van der Waals surface area contributed by atoms with Crippen molar-refractivity contribution in [1.82, 2.24) is 4.72 Å². The van der Waals surface area contributed by atoms with Gasteiger partial charge in [0.15, 0.2) is 0 Å². The van der Waals surface area contributed by atoms with E-state index in [4.69, 9.17) is 22.6 Å². The fourth-order valence-electron chi connectivity index (χ4n) is 1.28. The second-order valence-corrected chi connectivity index (χ2v) is 6.69. The third-order valence-electron chi connectivity index (χ3n) is 2.74. The lowest BCUT2D eigenvalue weighted by atomic mass is 10.1. The van der Waals surface area contributed by atoms with Gasteiger partial charge in [-0.25, -0.2) is 13.1 Å². The van der Waals surface area contributed by atoms with Crippen molar-refractivity contribution in [3.63, 3.8) is 0 Å². The molecule has 0 radical (unpaired) electrons. The van der Waals surface area contributed by atoms with Crippen LogP contribution in [-0.4, -0.2) is 21.0 Å². The second-order valence-electron chi connectivity index (χ2n) is 4.51. The summed E-state index contributed by atoms with van der Waals surface area (Å²) in [5.41, 5.74) is 6.02. The maximum absolute atomic E-state index is 12.0. The molecule has 0 amide bonds. The summed E-state index contributed by atoms with van der Waals surface area (Å²) in [6.07, 6.45) is 0. The van der Waals surface area contributed by atoms with Gasteiger partial charge in [-0.05, 0) is 24.1 Å². The lowest BCUT2D eigenvalue weighted by Gasteiger charge is -2.16. The number of nitriles is 1. The molecular formula is C12H16ClN3O2S. The number of nitrogens with one attached hydrogen (secondary N) is 1. The van der Waals surface area contributed by atoms with Gasteiger partial charge in [0.05, 0.1) is 15.5 Å². The maximum atomic E-state index is 12.0. The quantitative estimate of drug-likeness (QED) is 0.861. The van der Waals surface area contributed by atoms with Crippen molar-refractivity contribution in [3.05, 3.63) is 28.8 Å². The van der Waals surface area contributed by atoms with E-state index in [-0.39, 0.29) is 34.0 Å². The van der Waals surface area contributed by atoms with Crippen molar-refractivity contribution in [1.29, 1.82) is 5.26 Å². The first-order chi connectivity index (χ1) is 8.77. The summed E-state index contributed by atoms with van der Waals surface area (Å²) in [6, 6.07) is 5.58. The van der Waals surface area contributed by atoms with E-state index in [0.29, 0.717) is 0 Å². The van der Waals surface area contributed by atoms with E-state index in [2.05, 4.69) is 4.72 Å². The topological polar surface area (TPSA) is 96.0 Å². The number of hydrogen-bond acceptors (Lipinski definition) is 4. The second kappa shape index (κ2) is 6.35. The number of sulfonamides is 1. The lowest BCUT2D eigenvalue weighted by molar-refractivity contribution is 0.481. The highest BCUT2D eigenvalue weighted by Gasteiger charge is 2.17. The van der Waals surface area contributed by atoms with E-state index in [1.165, 1.54) is 18.2 Å². The Morgan fingerprint density at radius 1 is 1.47 bits per heavy atom. The third kappa shape index (κ3) is 4.18. The Hall–Kier alpha value is -1.13. The molecule has 0 aliphatic carbocycles. The molecule has 7 heteroatoms. The number of nitrogens with two attached hydrogens (primary N) is 1. The van der Waals surface area contributed by atoms with Gasteiger partial charge in [0, 0.05) is 12.6 Å². The molecule has 0 aliphatic heterocycles. The Bertz CT molecular complexity index is 593. The molecule has 0 bridgehead atoms.